The van der Waals surface area contributed by atoms with Gasteiger partial charge < -0.3 is 15.5 Å². The highest BCUT2D eigenvalue weighted by atomic mass is 16.2. The topological polar surface area (TPSA) is 79.8 Å². The van der Waals surface area contributed by atoms with E-state index in [0.29, 0.717) is 25.6 Å². The normalized spacial score (nSPS) is 17.4. The highest BCUT2D eigenvalue weighted by molar-refractivity contribution is 5.97. The molecule has 1 aliphatic heterocycles. The van der Waals surface area contributed by atoms with Crippen LogP contribution < -0.4 is 10.6 Å². The molecule has 2 rings (SSSR count). The van der Waals surface area contributed by atoms with Crippen LogP contribution in [-0.4, -0.2) is 52.7 Å². The molecule has 98 valence electrons. The molecular weight excluding hydrogens is 232 g/mol. The average molecular weight is 250 g/mol. The number of rotatable bonds is 2. The Morgan fingerprint density at radius 1 is 1.56 bits per heavy atom. The third kappa shape index (κ3) is 2.44. The van der Waals surface area contributed by atoms with Gasteiger partial charge in [0, 0.05) is 32.9 Å². The van der Waals surface area contributed by atoms with Crippen molar-refractivity contribution < 1.29 is 4.79 Å². The van der Waals surface area contributed by atoms with Gasteiger partial charge in [0.2, 0.25) is 5.91 Å². The second-order valence-corrected chi connectivity index (χ2v) is 4.17. The number of amides is 1. The van der Waals surface area contributed by atoms with Gasteiger partial charge in [-0.05, 0) is 6.92 Å². The average Bonchev–Trinajstić information content (AvgIpc) is 2.76. The van der Waals surface area contributed by atoms with Crippen molar-refractivity contribution in [1.82, 2.24) is 14.7 Å². The van der Waals surface area contributed by atoms with Gasteiger partial charge in [0.05, 0.1) is 11.9 Å². The number of anilines is 1. The first-order valence-electron chi connectivity index (χ1n) is 5.95. The van der Waals surface area contributed by atoms with Crippen LogP contribution in [0.15, 0.2) is 17.4 Å². The Hall–Kier alpha value is -2.05. The minimum atomic E-state index is 0.0171. The van der Waals surface area contributed by atoms with Crippen LogP contribution in [0.25, 0.3) is 0 Å². The summed E-state index contributed by atoms with van der Waals surface area (Å²) in [6, 6.07) is 0. The lowest BCUT2D eigenvalue weighted by molar-refractivity contribution is -0.120. The number of aromatic nitrogens is 2. The predicted molar refractivity (Wildman–Crippen MR) is 69.3 cm³/mol. The molecule has 0 saturated carbocycles. The zero-order valence-corrected chi connectivity index (χ0v) is 10.7. The van der Waals surface area contributed by atoms with Crippen molar-refractivity contribution >= 4 is 17.6 Å². The van der Waals surface area contributed by atoms with E-state index in [1.54, 1.807) is 20.7 Å². The van der Waals surface area contributed by atoms with Gasteiger partial charge in [-0.25, -0.2) is 0 Å². The first kappa shape index (κ1) is 12.4. The molecule has 0 bridgehead atoms. The molecule has 0 aromatic carbocycles. The Morgan fingerprint density at radius 2 is 2.33 bits per heavy atom. The van der Waals surface area contributed by atoms with Crippen molar-refractivity contribution in [3.8, 4) is 0 Å². The molecule has 18 heavy (non-hydrogen) atoms. The molecule has 0 spiro atoms. The zero-order chi connectivity index (χ0) is 13.1. The molecule has 2 N–H and O–H groups in total. The van der Waals surface area contributed by atoms with Gasteiger partial charge >= 0.3 is 0 Å². The molecule has 1 aromatic rings. The van der Waals surface area contributed by atoms with Gasteiger partial charge in [0.25, 0.3) is 0 Å². The van der Waals surface area contributed by atoms with E-state index in [-0.39, 0.29) is 12.5 Å². The lowest BCUT2D eigenvalue weighted by atomic mass is 10.3. The number of nitrogens with two attached hydrogens (primary N) is 1. The SMILES string of the molecule is CCN=C(N)N1CCN(c2cnn(C)c2)C(=O)C1. The van der Waals surface area contributed by atoms with Crippen molar-refractivity contribution in [1.29, 1.82) is 0 Å². The number of carbonyl (C=O) groups excluding carboxylic acids is 1. The van der Waals surface area contributed by atoms with Gasteiger partial charge in [0.1, 0.15) is 6.54 Å². The predicted octanol–water partition coefficient (Wildman–Crippen LogP) is -0.597. The van der Waals surface area contributed by atoms with Crippen molar-refractivity contribution in [2.24, 2.45) is 17.8 Å². The fourth-order valence-corrected chi connectivity index (χ4v) is 1.95. The van der Waals surface area contributed by atoms with E-state index in [2.05, 4.69) is 10.1 Å². The van der Waals surface area contributed by atoms with Crippen LogP contribution in [0.1, 0.15) is 6.92 Å². The fourth-order valence-electron chi connectivity index (χ4n) is 1.95. The Bertz CT molecular complexity index is 466. The lowest BCUT2D eigenvalue weighted by Gasteiger charge is -2.34. The molecule has 0 unspecified atom stereocenters. The van der Waals surface area contributed by atoms with Gasteiger partial charge in [-0.1, -0.05) is 0 Å². The van der Waals surface area contributed by atoms with E-state index in [4.69, 9.17) is 5.73 Å². The molecule has 0 aliphatic carbocycles. The molecule has 1 amide bonds. The molecule has 1 aliphatic rings. The van der Waals surface area contributed by atoms with Crippen LogP contribution >= 0.6 is 0 Å². The fraction of sp³-hybridized carbons (Fsp3) is 0.545. The number of hydrogen-bond acceptors (Lipinski definition) is 3. The molecule has 7 nitrogen and oxygen atoms in total. The zero-order valence-electron chi connectivity index (χ0n) is 10.7. The number of guanidine groups is 1. The summed E-state index contributed by atoms with van der Waals surface area (Å²) in [5.74, 6) is 0.459. The first-order valence-corrected chi connectivity index (χ1v) is 5.95. The maximum Gasteiger partial charge on any atom is 0.246 e. The number of carbonyl (C=O) groups is 1. The van der Waals surface area contributed by atoms with Gasteiger partial charge in [-0.2, -0.15) is 5.10 Å². The highest BCUT2D eigenvalue weighted by Crippen LogP contribution is 2.15. The van der Waals surface area contributed by atoms with Gasteiger partial charge in [-0.3, -0.25) is 14.5 Å². The van der Waals surface area contributed by atoms with Crippen molar-refractivity contribution in [2.45, 2.75) is 6.92 Å². The largest absolute Gasteiger partial charge is 0.370 e. The van der Waals surface area contributed by atoms with Crippen molar-refractivity contribution in [2.75, 3.05) is 31.1 Å². The minimum absolute atomic E-state index is 0.0171. The quantitative estimate of drug-likeness (QED) is 0.561. The summed E-state index contributed by atoms with van der Waals surface area (Å²) in [6.07, 6.45) is 3.52. The van der Waals surface area contributed by atoms with Crippen LogP contribution in [-0.2, 0) is 11.8 Å². The number of aryl methyl sites for hydroxylation is 1. The summed E-state index contributed by atoms with van der Waals surface area (Å²) in [5, 5.41) is 4.07. The Morgan fingerprint density at radius 3 is 2.89 bits per heavy atom. The monoisotopic (exact) mass is 250 g/mol. The van der Waals surface area contributed by atoms with Crippen LogP contribution in [0.3, 0.4) is 0 Å². The van der Waals surface area contributed by atoms with E-state index < -0.39 is 0 Å². The number of hydrogen-bond donors (Lipinski definition) is 1. The molecular formula is C11H18N6O. The summed E-state index contributed by atoms with van der Waals surface area (Å²) >= 11 is 0. The summed E-state index contributed by atoms with van der Waals surface area (Å²) in [5.41, 5.74) is 6.63. The first-order chi connectivity index (χ1) is 8.61. The smallest absolute Gasteiger partial charge is 0.246 e. The molecule has 1 aromatic heterocycles. The van der Waals surface area contributed by atoms with Crippen molar-refractivity contribution in [3.63, 3.8) is 0 Å². The standard InChI is InChI=1S/C11H18N6O/c1-3-13-11(12)16-4-5-17(10(18)8-16)9-6-14-15(2)7-9/h6-7H,3-5,8H2,1-2H3,(H2,12,13). The molecule has 1 fully saturated rings. The van der Waals surface area contributed by atoms with Gasteiger partial charge in [0.15, 0.2) is 5.96 Å². The second-order valence-electron chi connectivity index (χ2n) is 4.17. The Kier molecular flexibility index (Phi) is 3.50. The van der Waals surface area contributed by atoms with Crippen LogP contribution in [0, 0.1) is 0 Å². The third-order valence-corrected chi connectivity index (χ3v) is 2.87. The van der Waals surface area contributed by atoms with Crippen molar-refractivity contribution in [3.05, 3.63) is 12.4 Å². The summed E-state index contributed by atoms with van der Waals surface area (Å²) in [7, 11) is 1.83. The van der Waals surface area contributed by atoms with Gasteiger partial charge in [-0.15, -0.1) is 0 Å². The van der Waals surface area contributed by atoms with E-state index in [1.807, 2.05) is 20.2 Å². The lowest BCUT2D eigenvalue weighted by Crippen LogP contribution is -2.54. The van der Waals surface area contributed by atoms with Crippen LogP contribution in [0.2, 0.25) is 0 Å². The van der Waals surface area contributed by atoms with E-state index >= 15 is 0 Å². The van der Waals surface area contributed by atoms with E-state index in [9.17, 15) is 4.79 Å². The second kappa shape index (κ2) is 5.07. The molecule has 0 radical (unpaired) electrons. The van der Waals surface area contributed by atoms with E-state index in [1.165, 1.54) is 0 Å². The minimum Gasteiger partial charge on any atom is -0.370 e. The molecule has 0 atom stereocenters. The number of aliphatic imine (C=N–C) groups is 1. The van der Waals surface area contributed by atoms with E-state index in [0.717, 1.165) is 5.69 Å². The Labute approximate surface area is 106 Å². The maximum atomic E-state index is 12.1. The van der Waals surface area contributed by atoms with Crippen LogP contribution in [0.5, 0.6) is 0 Å². The highest BCUT2D eigenvalue weighted by Gasteiger charge is 2.26. The summed E-state index contributed by atoms with van der Waals surface area (Å²) in [4.78, 5) is 19.7. The molecule has 7 heteroatoms. The molecule has 2 heterocycles. The Balaban J connectivity index is 2.05. The summed E-state index contributed by atoms with van der Waals surface area (Å²) in [6.45, 7) is 4.11. The maximum absolute atomic E-state index is 12.1. The molecule has 1 saturated heterocycles. The summed E-state index contributed by atoms with van der Waals surface area (Å²) < 4.78 is 1.68. The number of piperazine rings is 1. The number of nitrogens with zero attached hydrogens (tertiary/aromatic N) is 5. The third-order valence-electron chi connectivity index (χ3n) is 2.87. The van der Waals surface area contributed by atoms with Crippen LogP contribution in [0.4, 0.5) is 5.69 Å².